The van der Waals surface area contributed by atoms with Gasteiger partial charge in [-0.1, -0.05) is 30.7 Å². The molecule has 0 aromatic heterocycles. The topological polar surface area (TPSA) is 66.5 Å². The fourth-order valence-corrected chi connectivity index (χ4v) is 5.64. The Bertz CT molecular complexity index is 917. The van der Waals surface area contributed by atoms with Crippen LogP contribution in [0.4, 0.5) is 5.69 Å². The third kappa shape index (κ3) is 4.48. The summed E-state index contributed by atoms with van der Waals surface area (Å²) >= 11 is 7.49. The minimum atomic E-state index is -3.75. The summed E-state index contributed by atoms with van der Waals surface area (Å²) < 4.78 is 27.3. The van der Waals surface area contributed by atoms with E-state index in [9.17, 15) is 13.2 Å². The maximum Gasteiger partial charge on any atom is 0.243 e. The normalized spacial score (nSPS) is 17.8. The van der Waals surface area contributed by atoms with Crippen LogP contribution >= 0.6 is 23.4 Å². The Morgan fingerprint density at radius 2 is 1.93 bits per heavy atom. The monoisotopic (exact) mass is 424 g/mol. The lowest BCUT2D eigenvalue weighted by Gasteiger charge is -2.24. The summed E-state index contributed by atoms with van der Waals surface area (Å²) in [5, 5.41) is 3.38. The van der Waals surface area contributed by atoms with Crippen molar-refractivity contribution in [2.75, 3.05) is 17.6 Å². The largest absolute Gasteiger partial charge is 0.324 e. The number of halogens is 1. The van der Waals surface area contributed by atoms with Crippen molar-refractivity contribution in [3.05, 3.63) is 53.6 Å². The minimum Gasteiger partial charge on any atom is -0.324 e. The van der Waals surface area contributed by atoms with E-state index in [4.69, 9.17) is 11.6 Å². The molecule has 2 aromatic carbocycles. The lowest BCUT2D eigenvalue weighted by Crippen LogP contribution is -2.43. The Kier molecular flexibility index (Phi) is 6.47. The predicted molar refractivity (Wildman–Crippen MR) is 110 cm³/mol. The minimum absolute atomic E-state index is 0.147. The lowest BCUT2D eigenvalue weighted by atomic mass is 10.2. The number of nitrogens with one attached hydrogen (secondary N) is 1. The van der Waals surface area contributed by atoms with Gasteiger partial charge in [0.15, 0.2) is 0 Å². The lowest BCUT2D eigenvalue weighted by molar-refractivity contribution is -0.119. The van der Waals surface area contributed by atoms with E-state index in [2.05, 4.69) is 5.32 Å². The van der Waals surface area contributed by atoms with Crippen LogP contribution in [0.2, 0.25) is 5.02 Å². The summed E-state index contributed by atoms with van der Waals surface area (Å²) in [6, 6.07) is 12.9. The molecular weight excluding hydrogens is 404 g/mol. The number of nitrogens with zero attached hydrogens (tertiary/aromatic N) is 1. The van der Waals surface area contributed by atoms with Crippen LogP contribution in [0.1, 0.15) is 19.8 Å². The standard InChI is InChI=1S/C19H21ClN2O3S2/c1-2-26-18-8-4-3-6-16(18)21-19(23)17-7-5-13-22(17)27(24,25)15-11-9-14(20)10-12-15/h3-4,6,8-12,17H,2,5,7,13H2,1H3,(H,21,23)/t17-/m0/s1. The van der Waals surface area contributed by atoms with Gasteiger partial charge in [-0.25, -0.2) is 8.42 Å². The van der Waals surface area contributed by atoms with E-state index in [0.29, 0.717) is 30.1 Å². The smallest absolute Gasteiger partial charge is 0.243 e. The van der Waals surface area contributed by atoms with E-state index in [1.165, 1.54) is 28.6 Å². The van der Waals surface area contributed by atoms with Gasteiger partial charge in [-0.15, -0.1) is 11.8 Å². The zero-order chi connectivity index (χ0) is 19.4. The molecule has 8 heteroatoms. The number of hydrogen-bond donors (Lipinski definition) is 1. The van der Waals surface area contributed by atoms with Gasteiger partial charge in [0, 0.05) is 16.5 Å². The molecule has 144 valence electrons. The van der Waals surface area contributed by atoms with Gasteiger partial charge in [0.1, 0.15) is 6.04 Å². The molecule has 0 spiro atoms. The van der Waals surface area contributed by atoms with Gasteiger partial charge in [-0.05, 0) is 55.0 Å². The summed E-state index contributed by atoms with van der Waals surface area (Å²) in [5.74, 6) is 0.585. The molecule has 3 rings (SSSR count). The maximum absolute atomic E-state index is 13.0. The Balaban J connectivity index is 1.82. The van der Waals surface area contributed by atoms with Crippen LogP contribution in [-0.4, -0.2) is 37.0 Å². The molecule has 0 saturated carbocycles. The van der Waals surface area contributed by atoms with E-state index >= 15 is 0 Å². The summed E-state index contributed by atoms with van der Waals surface area (Å²) in [7, 11) is -3.75. The number of para-hydroxylation sites is 1. The Labute approximate surface area is 169 Å². The highest BCUT2D eigenvalue weighted by Gasteiger charge is 2.39. The zero-order valence-electron chi connectivity index (χ0n) is 14.9. The van der Waals surface area contributed by atoms with E-state index < -0.39 is 16.1 Å². The second-order valence-corrected chi connectivity index (χ2v) is 9.78. The van der Waals surface area contributed by atoms with Gasteiger partial charge in [-0.3, -0.25) is 4.79 Å². The molecule has 1 aliphatic heterocycles. The number of thioether (sulfide) groups is 1. The molecule has 0 aliphatic carbocycles. The first kappa shape index (κ1) is 20.2. The number of rotatable bonds is 6. The van der Waals surface area contributed by atoms with Crippen molar-refractivity contribution >= 4 is 45.0 Å². The van der Waals surface area contributed by atoms with Gasteiger partial charge in [0.05, 0.1) is 10.6 Å². The molecule has 1 fully saturated rings. The van der Waals surface area contributed by atoms with Gasteiger partial charge in [0.25, 0.3) is 0 Å². The molecular formula is C19H21ClN2O3S2. The first-order chi connectivity index (χ1) is 12.9. The fraction of sp³-hybridized carbons (Fsp3) is 0.316. The van der Waals surface area contributed by atoms with Crippen LogP contribution in [-0.2, 0) is 14.8 Å². The van der Waals surface area contributed by atoms with Crippen molar-refractivity contribution in [1.29, 1.82) is 0 Å². The first-order valence-electron chi connectivity index (χ1n) is 8.73. The van der Waals surface area contributed by atoms with Crippen LogP contribution in [0.25, 0.3) is 0 Å². The van der Waals surface area contributed by atoms with E-state index in [1.54, 1.807) is 11.8 Å². The quantitative estimate of drug-likeness (QED) is 0.704. The highest BCUT2D eigenvalue weighted by atomic mass is 35.5. The van der Waals surface area contributed by atoms with Crippen molar-refractivity contribution in [2.45, 2.75) is 35.6 Å². The maximum atomic E-state index is 13.0. The molecule has 27 heavy (non-hydrogen) atoms. The first-order valence-corrected chi connectivity index (χ1v) is 11.5. The SMILES string of the molecule is CCSc1ccccc1NC(=O)[C@@H]1CCCN1S(=O)(=O)c1ccc(Cl)cc1. The van der Waals surface area contributed by atoms with Gasteiger partial charge < -0.3 is 5.32 Å². The van der Waals surface area contributed by atoms with Crippen LogP contribution < -0.4 is 5.32 Å². The van der Waals surface area contributed by atoms with Crippen molar-refractivity contribution in [3.8, 4) is 0 Å². The number of carbonyl (C=O) groups excluding carboxylic acids is 1. The van der Waals surface area contributed by atoms with Gasteiger partial charge >= 0.3 is 0 Å². The summed E-state index contributed by atoms with van der Waals surface area (Å²) in [6.45, 7) is 2.37. The third-order valence-electron chi connectivity index (χ3n) is 4.37. The molecule has 2 aromatic rings. The number of hydrogen-bond acceptors (Lipinski definition) is 4. The number of carbonyl (C=O) groups is 1. The highest BCUT2D eigenvalue weighted by molar-refractivity contribution is 7.99. The summed E-state index contributed by atoms with van der Waals surface area (Å²) in [4.78, 5) is 14.0. The van der Waals surface area contributed by atoms with Crippen LogP contribution in [0, 0.1) is 0 Å². The van der Waals surface area contributed by atoms with Crippen molar-refractivity contribution in [3.63, 3.8) is 0 Å². The molecule has 0 unspecified atom stereocenters. The molecule has 1 saturated heterocycles. The fourth-order valence-electron chi connectivity index (χ4n) is 3.10. The van der Waals surface area contributed by atoms with Crippen molar-refractivity contribution in [1.82, 2.24) is 4.31 Å². The molecule has 0 radical (unpaired) electrons. The molecule has 1 N–H and O–H groups in total. The molecule has 5 nitrogen and oxygen atoms in total. The average Bonchev–Trinajstić information content (AvgIpc) is 3.15. The molecule has 0 bridgehead atoms. The molecule has 1 atom stereocenters. The predicted octanol–water partition coefficient (Wildman–Crippen LogP) is 4.24. The van der Waals surface area contributed by atoms with Gasteiger partial charge in [0.2, 0.25) is 15.9 Å². The summed E-state index contributed by atoms with van der Waals surface area (Å²) in [5.41, 5.74) is 0.713. The van der Waals surface area contributed by atoms with Crippen LogP contribution in [0.5, 0.6) is 0 Å². The number of anilines is 1. The Hall–Kier alpha value is -1.54. The third-order valence-corrected chi connectivity index (χ3v) is 7.50. The van der Waals surface area contributed by atoms with E-state index in [1.807, 2.05) is 31.2 Å². The molecule has 1 heterocycles. The zero-order valence-corrected chi connectivity index (χ0v) is 17.3. The average molecular weight is 425 g/mol. The van der Waals surface area contributed by atoms with E-state index in [-0.39, 0.29) is 10.8 Å². The van der Waals surface area contributed by atoms with Crippen molar-refractivity contribution in [2.24, 2.45) is 0 Å². The molecule has 1 aliphatic rings. The molecule has 1 amide bonds. The number of amides is 1. The Morgan fingerprint density at radius 3 is 2.63 bits per heavy atom. The highest BCUT2D eigenvalue weighted by Crippen LogP contribution is 2.30. The van der Waals surface area contributed by atoms with Crippen LogP contribution in [0.3, 0.4) is 0 Å². The summed E-state index contributed by atoms with van der Waals surface area (Å²) in [6.07, 6.45) is 1.15. The second kappa shape index (κ2) is 8.65. The van der Waals surface area contributed by atoms with E-state index in [0.717, 1.165) is 10.6 Å². The van der Waals surface area contributed by atoms with Gasteiger partial charge in [-0.2, -0.15) is 4.31 Å². The second-order valence-electron chi connectivity index (χ2n) is 6.15. The van der Waals surface area contributed by atoms with Crippen molar-refractivity contribution < 1.29 is 13.2 Å². The number of benzene rings is 2. The Morgan fingerprint density at radius 1 is 1.22 bits per heavy atom. The number of sulfonamides is 1. The van der Waals surface area contributed by atoms with Crippen LogP contribution in [0.15, 0.2) is 58.3 Å².